The van der Waals surface area contributed by atoms with Crippen molar-refractivity contribution in [3.05, 3.63) is 59.4 Å². The minimum Gasteiger partial charge on any atom is -0.486 e. The summed E-state index contributed by atoms with van der Waals surface area (Å²) in [7, 11) is 0. The minimum absolute atomic E-state index is 0.0476. The smallest absolute Gasteiger partial charge is 0.254 e. The van der Waals surface area contributed by atoms with Crippen molar-refractivity contribution in [3.63, 3.8) is 0 Å². The first kappa shape index (κ1) is 16.6. The van der Waals surface area contributed by atoms with Crippen LogP contribution in [0.1, 0.15) is 47.5 Å². The highest BCUT2D eigenvalue weighted by atomic mass is 19.1. The summed E-state index contributed by atoms with van der Waals surface area (Å²) in [5.41, 5.74) is 1.43. The fourth-order valence-corrected chi connectivity index (χ4v) is 4.89. The third-order valence-electron chi connectivity index (χ3n) is 6.10. The van der Waals surface area contributed by atoms with Gasteiger partial charge < -0.3 is 14.4 Å². The number of rotatable bonds is 2. The molecule has 0 saturated carbocycles. The molecule has 5 rings (SSSR count). The van der Waals surface area contributed by atoms with E-state index < -0.39 is 0 Å². The largest absolute Gasteiger partial charge is 0.486 e. The van der Waals surface area contributed by atoms with Gasteiger partial charge in [-0.05, 0) is 61.4 Å². The highest BCUT2D eigenvalue weighted by molar-refractivity contribution is 5.95. The van der Waals surface area contributed by atoms with Crippen molar-refractivity contribution in [3.8, 4) is 11.5 Å². The second-order valence-corrected chi connectivity index (χ2v) is 7.65. The van der Waals surface area contributed by atoms with E-state index in [1.54, 1.807) is 12.1 Å². The molecule has 3 aliphatic heterocycles. The molecule has 2 aromatic rings. The average molecular weight is 367 g/mol. The Morgan fingerprint density at radius 1 is 0.963 bits per heavy atom. The summed E-state index contributed by atoms with van der Waals surface area (Å²) >= 11 is 0. The van der Waals surface area contributed by atoms with Gasteiger partial charge in [0.1, 0.15) is 19.0 Å². The Hall–Kier alpha value is -2.56. The SMILES string of the molecule is O=C(c1ccc2c(c1)OCCO2)N1C2CCC1CC(c1ccccc1F)C2. The number of ether oxygens (including phenoxy) is 2. The standard InChI is InChI=1S/C22H22FNO3/c23-19-4-2-1-3-18(19)15-11-16-6-7-17(12-15)24(16)22(25)14-5-8-20-21(13-14)27-10-9-26-20/h1-5,8,13,15-17H,6-7,9-12H2. The summed E-state index contributed by atoms with van der Waals surface area (Å²) in [6, 6.07) is 12.8. The van der Waals surface area contributed by atoms with Crippen molar-refractivity contribution in [2.75, 3.05) is 13.2 Å². The van der Waals surface area contributed by atoms with E-state index in [1.165, 1.54) is 6.07 Å². The van der Waals surface area contributed by atoms with Crippen LogP contribution in [0.15, 0.2) is 42.5 Å². The van der Waals surface area contributed by atoms with Gasteiger partial charge in [-0.3, -0.25) is 4.79 Å². The Kier molecular flexibility index (Phi) is 4.03. The van der Waals surface area contributed by atoms with Gasteiger partial charge in [0.25, 0.3) is 5.91 Å². The molecule has 3 aliphatic rings. The fourth-order valence-electron chi connectivity index (χ4n) is 4.89. The van der Waals surface area contributed by atoms with Gasteiger partial charge in [-0.25, -0.2) is 4.39 Å². The summed E-state index contributed by atoms with van der Waals surface area (Å²) in [4.78, 5) is 15.2. The average Bonchev–Trinajstić information content (AvgIpc) is 2.97. The van der Waals surface area contributed by atoms with Crippen LogP contribution in [-0.2, 0) is 0 Å². The van der Waals surface area contributed by atoms with Crippen LogP contribution < -0.4 is 9.47 Å². The molecule has 5 heteroatoms. The number of amides is 1. The number of hydrogen-bond donors (Lipinski definition) is 0. The molecule has 0 aliphatic carbocycles. The maximum absolute atomic E-state index is 14.2. The lowest BCUT2D eigenvalue weighted by molar-refractivity contribution is 0.0569. The zero-order valence-corrected chi connectivity index (χ0v) is 15.1. The van der Waals surface area contributed by atoms with Crippen molar-refractivity contribution >= 4 is 5.91 Å². The van der Waals surface area contributed by atoms with Crippen LogP contribution in [0.3, 0.4) is 0 Å². The Balaban J connectivity index is 1.38. The molecular formula is C22H22FNO3. The van der Waals surface area contributed by atoms with E-state index in [1.807, 2.05) is 29.2 Å². The molecule has 0 N–H and O–H groups in total. The Morgan fingerprint density at radius 3 is 2.41 bits per heavy atom. The van der Waals surface area contributed by atoms with Gasteiger partial charge in [-0.15, -0.1) is 0 Å². The van der Waals surface area contributed by atoms with E-state index in [-0.39, 0.29) is 29.7 Å². The third-order valence-corrected chi connectivity index (χ3v) is 6.10. The molecule has 2 saturated heterocycles. The van der Waals surface area contributed by atoms with Crippen LogP contribution in [-0.4, -0.2) is 36.1 Å². The van der Waals surface area contributed by atoms with Crippen LogP contribution in [0, 0.1) is 5.82 Å². The van der Waals surface area contributed by atoms with Crippen LogP contribution in [0.4, 0.5) is 4.39 Å². The van der Waals surface area contributed by atoms with Crippen LogP contribution in [0.5, 0.6) is 11.5 Å². The third kappa shape index (κ3) is 2.85. The normalized spacial score (nSPS) is 26.1. The van der Waals surface area contributed by atoms with Crippen molar-refractivity contribution in [2.24, 2.45) is 0 Å². The van der Waals surface area contributed by atoms with Gasteiger partial charge in [-0.2, -0.15) is 0 Å². The van der Waals surface area contributed by atoms with Crippen LogP contribution in [0.25, 0.3) is 0 Å². The van der Waals surface area contributed by atoms with Crippen molar-refractivity contribution in [1.29, 1.82) is 0 Å². The molecule has 2 fully saturated rings. The molecule has 27 heavy (non-hydrogen) atoms. The lowest BCUT2D eigenvalue weighted by Crippen LogP contribution is -2.46. The Bertz CT molecular complexity index is 870. The van der Waals surface area contributed by atoms with E-state index in [0.29, 0.717) is 30.3 Å². The first-order valence-corrected chi connectivity index (χ1v) is 9.67. The highest BCUT2D eigenvalue weighted by Gasteiger charge is 2.44. The summed E-state index contributed by atoms with van der Waals surface area (Å²) < 4.78 is 25.4. The summed E-state index contributed by atoms with van der Waals surface area (Å²) in [5, 5.41) is 0. The molecule has 140 valence electrons. The van der Waals surface area contributed by atoms with Gasteiger partial charge in [0.15, 0.2) is 11.5 Å². The van der Waals surface area contributed by atoms with Gasteiger partial charge in [0.2, 0.25) is 0 Å². The van der Waals surface area contributed by atoms with Gasteiger partial charge in [0.05, 0.1) is 0 Å². The van der Waals surface area contributed by atoms with Crippen molar-refractivity contribution in [1.82, 2.24) is 4.90 Å². The van der Waals surface area contributed by atoms with Gasteiger partial charge in [-0.1, -0.05) is 18.2 Å². The van der Waals surface area contributed by atoms with E-state index in [9.17, 15) is 9.18 Å². The van der Waals surface area contributed by atoms with E-state index in [4.69, 9.17) is 9.47 Å². The fraction of sp³-hybridized carbons (Fsp3) is 0.409. The molecular weight excluding hydrogens is 345 g/mol. The maximum Gasteiger partial charge on any atom is 0.254 e. The van der Waals surface area contributed by atoms with Crippen LogP contribution in [0.2, 0.25) is 0 Å². The number of fused-ring (bicyclic) bond motifs is 3. The number of carbonyl (C=O) groups excluding carboxylic acids is 1. The quantitative estimate of drug-likeness (QED) is 0.800. The van der Waals surface area contributed by atoms with Crippen molar-refractivity contribution in [2.45, 2.75) is 43.7 Å². The predicted octanol–water partition coefficient (Wildman–Crippen LogP) is 4.15. The zero-order valence-electron chi connectivity index (χ0n) is 15.1. The second-order valence-electron chi connectivity index (χ2n) is 7.65. The van der Waals surface area contributed by atoms with Gasteiger partial charge >= 0.3 is 0 Å². The lowest BCUT2D eigenvalue weighted by Gasteiger charge is -2.39. The number of halogens is 1. The Morgan fingerprint density at radius 2 is 1.67 bits per heavy atom. The van der Waals surface area contributed by atoms with Gasteiger partial charge in [0, 0.05) is 17.6 Å². The van der Waals surface area contributed by atoms with E-state index in [2.05, 4.69) is 0 Å². The second kappa shape index (κ2) is 6.55. The number of benzene rings is 2. The summed E-state index contributed by atoms with van der Waals surface area (Å²) in [6.07, 6.45) is 3.64. The monoisotopic (exact) mass is 367 g/mol. The molecule has 1 amide bonds. The first-order chi connectivity index (χ1) is 13.2. The number of piperidine rings is 1. The predicted molar refractivity (Wildman–Crippen MR) is 98.8 cm³/mol. The van der Waals surface area contributed by atoms with Crippen molar-refractivity contribution < 1.29 is 18.7 Å². The summed E-state index contributed by atoms with van der Waals surface area (Å²) in [5.74, 6) is 1.44. The molecule has 2 aromatic carbocycles. The molecule has 2 atom stereocenters. The van der Waals surface area contributed by atoms with Crippen LogP contribution >= 0.6 is 0 Å². The highest BCUT2D eigenvalue weighted by Crippen LogP contribution is 2.44. The maximum atomic E-state index is 14.2. The Labute approximate surface area is 157 Å². The van der Waals surface area contributed by atoms with E-state index >= 15 is 0 Å². The molecule has 0 radical (unpaired) electrons. The number of nitrogens with zero attached hydrogens (tertiary/aromatic N) is 1. The molecule has 4 nitrogen and oxygen atoms in total. The summed E-state index contributed by atoms with van der Waals surface area (Å²) in [6.45, 7) is 1.04. The van der Waals surface area contributed by atoms with E-state index in [0.717, 1.165) is 31.2 Å². The zero-order chi connectivity index (χ0) is 18.4. The lowest BCUT2D eigenvalue weighted by atomic mass is 9.84. The molecule has 0 aromatic heterocycles. The minimum atomic E-state index is -0.131. The molecule has 3 heterocycles. The topological polar surface area (TPSA) is 38.8 Å². The molecule has 2 unspecified atom stereocenters. The molecule has 0 spiro atoms. The molecule has 2 bridgehead atoms. The number of carbonyl (C=O) groups is 1. The number of hydrogen-bond acceptors (Lipinski definition) is 3. The first-order valence-electron chi connectivity index (χ1n) is 9.67.